The Labute approximate surface area is 87.5 Å². The van der Waals surface area contributed by atoms with Crippen molar-refractivity contribution < 1.29 is 5.11 Å². The van der Waals surface area contributed by atoms with Crippen LogP contribution in [0.15, 0.2) is 0 Å². The molecule has 0 aromatic carbocycles. The summed E-state index contributed by atoms with van der Waals surface area (Å²) in [6, 6.07) is 0.512. The Kier molecular flexibility index (Phi) is 6.15. The van der Waals surface area contributed by atoms with Gasteiger partial charge in [-0.2, -0.15) is 0 Å². The molecule has 3 nitrogen and oxygen atoms in total. The van der Waals surface area contributed by atoms with Crippen molar-refractivity contribution in [1.82, 2.24) is 10.2 Å². The van der Waals surface area contributed by atoms with Crippen LogP contribution in [0.2, 0.25) is 0 Å². The fourth-order valence-electron chi connectivity index (χ4n) is 2.09. The molecular formula is C11H24N2O. The molecule has 0 saturated carbocycles. The van der Waals surface area contributed by atoms with Crippen molar-refractivity contribution in [2.75, 3.05) is 26.4 Å². The van der Waals surface area contributed by atoms with Crippen molar-refractivity contribution >= 4 is 0 Å². The third-order valence-corrected chi connectivity index (χ3v) is 3.10. The molecule has 14 heavy (non-hydrogen) atoms. The zero-order chi connectivity index (χ0) is 10.2. The summed E-state index contributed by atoms with van der Waals surface area (Å²) in [6.07, 6.45) is 6.28. The molecule has 0 spiro atoms. The zero-order valence-corrected chi connectivity index (χ0v) is 9.34. The van der Waals surface area contributed by atoms with E-state index in [1.54, 1.807) is 0 Å². The zero-order valence-electron chi connectivity index (χ0n) is 9.34. The predicted molar refractivity (Wildman–Crippen MR) is 59.2 cm³/mol. The Balaban J connectivity index is 2.40. The van der Waals surface area contributed by atoms with Gasteiger partial charge in [0.15, 0.2) is 0 Å². The summed E-state index contributed by atoms with van der Waals surface area (Å²) in [5.74, 6) is 0. The normalized spacial score (nSPS) is 27.4. The van der Waals surface area contributed by atoms with Gasteiger partial charge in [-0.15, -0.1) is 0 Å². The fraction of sp³-hybridized carbons (Fsp3) is 1.00. The van der Waals surface area contributed by atoms with Gasteiger partial charge in [0.1, 0.15) is 0 Å². The molecule has 3 heteroatoms. The highest BCUT2D eigenvalue weighted by atomic mass is 16.3. The number of aliphatic hydroxyl groups excluding tert-OH is 1. The van der Waals surface area contributed by atoms with E-state index in [9.17, 15) is 5.11 Å². The maximum absolute atomic E-state index is 9.27. The molecule has 0 bridgehead atoms. The van der Waals surface area contributed by atoms with Crippen LogP contribution < -0.4 is 5.32 Å². The van der Waals surface area contributed by atoms with E-state index in [1.807, 2.05) is 0 Å². The minimum Gasteiger partial charge on any atom is -0.381 e. The molecule has 0 aliphatic carbocycles. The second-order valence-corrected chi connectivity index (χ2v) is 4.13. The summed E-state index contributed by atoms with van der Waals surface area (Å²) in [4.78, 5) is 2.19. The van der Waals surface area contributed by atoms with Gasteiger partial charge in [-0.3, -0.25) is 4.90 Å². The van der Waals surface area contributed by atoms with Crippen LogP contribution in [0.25, 0.3) is 0 Å². The molecule has 1 unspecified atom stereocenters. The predicted octanol–water partition coefficient (Wildman–Crippen LogP) is 1.18. The van der Waals surface area contributed by atoms with Gasteiger partial charge >= 0.3 is 0 Å². The van der Waals surface area contributed by atoms with Crippen LogP contribution in [0.3, 0.4) is 0 Å². The molecule has 0 aromatic rings. The smallest absolute Gasteiger partial charge is 0.0959 e. The highest BCUT2D eigenvalue weighted by molar-refractivity contribution is 4.72. The van der Waals surface area contributed by atoms with Crippen molar-refractivity contribution in [3.8, 4) is 0 Å². The second kappa shape index (κ2) is 7.21. The van der Waals surface area contributed by atoms with E-state index in [4.69, 9.17) is 0 Å². The maximum Gasteiger partial charge on any atom is 0.0959 e. The first kappa shape index (κ1) is 12.0. The van der Waals surface area contributed by atoms with Gasteiger partial charge in [-0.25, -0.2) is 0 Å². The van der Waals surface area contributed by atoms with Gasteiger partial charge in [0.2, 0.25) is 0 Å². The molecule has 1 saturated heterocycles. The van der Waals surface area contributed by atoms with E-state index in [1.165, 1.54) is 25.7 Å². The standard InChI is InChI=1S/C11H24N2O/c1-2-11-9-12-7-5-3-4-6-8-13(11)10-14/h11-12,14H,2-10H2,1H3. The van der Waals surface area contributed by atoms with Crippen LogP contribution in [0.4, 0.5) is 0 Å². The monoisotopic (exact) mass is 200 g/mol. The van der Waals surface area contributed by atoms with Crippen LogP contribution in [-0.2, 0) is 0 Å². The first-order chi connectivity index (χ1) is 6.88. The topological polar surface area (TPSA) is 35.5 Å². The van der Waals surface area contributed by atoms with Gasteiger partial charge in [0.05, 0.1) is 6.73 Å². The van der Waals surface area contributed by atoms with Gasteiger partial charge in [0.25, 0.3) is 0 Å². The van der Waals surface area contributed by atoms with Crippen LogP contribution >= 0.6 is 0 Å². The van der Waals surface area contributed by atoms with E-state index in [-0.39, 0.29) is 6.73 Å². The quantitative estimate of drug-likeness (QED) is 0.702. The first-order valence-electron chi connectivity index (χ1n) is 5.94. The average Bonchev–Trinajstić information content (AvgIpc) is 2.24. The SMILES string of the molecule is CCC1CNCCCCCCN1CO. The lowest BCUT2D eigenvalue weighted by molar-refractivity contribution is 0.0623. The van der Waals surface area contributed by atoms with E-state index in [0.717, 1.165) is 26.1 Å². The summed E-state index contributed by atoms with van der Waals surface area (Å²) >= 11 is 0. The molecule has 0 aromatic heterocycles. The lowest BCUT2D eigenvalue weighted by atomic mass is 10.1. The van der Waals surface area contributed by atoms with E-state index in [2.05, 4.69) is 17.1 Å². The van der Waals surface area contributed by atoms with Crippen LogP contribution in [0.5, 0.6) is 0 Å². The van der Waals surface area contributed by atoms with E-state index >= 15 is 0 Å². The van der Waals surface area contributed by atoms with Crippen molar-refractivity contribution in [3.05, 3.63) is 0 Å². The highest BCUT2D eigenvalue weighted by Crippen LogP contribution is 2.08. The number of rotatable bonds is 2. The van der Waals surface area contributed by atoms with Gasteiger partial charge < -0.3 is 10.4 Å². The van der Waals surface area contributed by atoms with Crippen molar-refractivity contribution in [3.63, 3.8) is 0 Å². The number of nitrogens with one attached hydrogen (secondary N) is 1. The molecule has 0 radical (unpaired) electrons. The van der Waals surface area contributed by atoms with Crippen LogP contribution in [-0.4, -0.2) is 42.4 Å². The molecule has 84 valence electrons. The Morgan fingerprint density at radius 1 is 1.29 bits per heavy atom. The first-order valence-corrected chi connectivity index (χ1v) is 5.94. The summed E-state index contributed by atoms with van der Waals surface area (Å²) in [5.41, 5.74) is 0. The second-order valence-electron chi connectivity index (χ2n) is 4.13. The molecule has 1 heterocycles. The molecule has 2 N–H and O–H groups in total. The summed E-state index contributed by atoms with van der Waals surface area (Å²) in [7, 11) is 0. The molecule has 1 rings (SSSR count). The minimum atomic E-state index is 0.209. The third-order valence-electron chi connectivity index (χ3n) is 3.10. The molecule has 1 aliphatic heterocycles. The van der Waals surface area contributed by atoms with Crippen molar-refractivity contribution in [1.29, 1.82) is 0 Å². The lowest BCUT2D eigenvalue weighted by Gasteiger charge is -2.30. The lowest BCUT2D eigenvalue weighted by Crippen LogP contribution is -2.43. The summed E-state index contributed by atoms with van der Waals surface area (Å²) in [6.45, 7) is 5.62. The third kappa shape index (κ3) is 3.95. The number of nitrogens with zero attached hydrogens (tertiary/aromatic N) is 1. The average molecular weight is 200 g/mol. The number of hydrogen-bond acceptors (Lipinski definition) is 3. The van der Waals surface area contributed by atoms with Crippen LogP contribution in [0.1, 0.15) is 39.0 Å². The van der Waals surface area contributed by atoms with Gasteiger partial charge in [-0.05, 0) is 25.8 Å². The Hall–Kier alpha value is -0.120. The van der Waals surface area contributed by atoms with Gasteiger partial charge in [0, 0.05) is 19.1 Å². The molecule has 1 fully saturated rings. The van der Waals surface area contributed by atoms with Crippen LogP contribution in [0, 0.1) is 0 Å². The van der Waals surface area contributed by atoms with Crippen molar-refractivity contribution in [2.45, 2.75) is 45.1 Å². The summed E-state index contributed by atoms with van der Waals surface area (Å²) in [5, 5.41) is 12.7. The largest absolute Gasteiger partial charge is 0.381 e. The molecule has 1 atom stereocenters. The fourth-order valence-corrected chi connectivity index (χ4v) is 2.09. The Morgan fingerprint density at radius 2 is 2.07 bits per heavy atom. The Bertz CT molecular complexity index is 125. The highest BCUT2D eigenvalue weighted by Gasteiger charge is 2.15. The molecule has 1 aliphatic rings. The maximum atomic E-state index is 9.27. The van der Waals surface area contributed by atoms with Crippen molar-refractivity contribution in [2.24, 2.45) is 0 Å². The molecular weight excluding hydrogens is 176 g/mol. The van der Waals surface area contributed by atoms with Gasteiger partial charge in [-0.1, -0.05) is 19.8 Å². The minimum absolute atomic E-state index is 0.209. The molecule has 0 amide bonds. The number of aliphatic hydroxyl groups is 1. The summed E-state index contributed by atoms with van der Waals surface area (Å²) < 4.78 is 0. The Morgan fingerprint density at radius 3 is 2.79 bits per heavy atom. The van der Waals surface area contributed by atoms with E-state index in [0.29, 0.717) is 6.04 Å². The number of hydrogen-bond donors (Lipinski definition) is 2. The van der Waals surface area contributed by atoms with E-state index < -0.39 is 0 Å².